The average Bonchev–Trinajstić information content (AvgIpc) is 2.36. The molecule has 9 heteroatoms. The lowest BCUT2D eigenvalue weighted by Crippen LogP contribution is -2.27. The number of nitro benzene ring substituents is 1. The van der Waals surface area contributed by atoms with Gasteiger partial charge in [-0.05, 0) is 19.9 Å². The molecule has 0 fully saturated rings. The Kier molecular flexibility index (Phi) is 6.44. The lowest BCUT2D eigenvalue weighted by atomic mass is 10.3. The van der Waals surface area contributed by atoms with Crippen LogP contribution in [0.15, 0.2) is 17.0 Å². The Labute approximate surface area is 134 Å². The summed E-state index contributed by atoms with van der Waals surface area (Å²) in [5.41, 5.74) is -0.352. The van der Waals surface area contributed by atoms with Crippen molar-refractivity contribution in [2.45, 2.75) is 24.0 Å². The number of hydrogen-bond donors (Lipinski definition) is 0. The molecule has 1 atom stereocenters. The smallest absolute Gasteiger partial charge is 0.327 e. The maximum absolute atomic E-state index is 11.7. The predicted octanol–water partition coefficient (Wildman–Crippen LogP) is 3.51. The summed E-state index contributed by atoms with van der Waals surface area (Å²) < 4.78 is 4.80. The molecular formula is C12H11Cl2NO5S. The highest BCUT2D eigenvalue weighted by atomic mass is 35.5. The minimum atomic E-state index is -1.14. The number of carbonyl (C=O) groups excluding carboxylic acids is 2. The van der Waals surface area contributed by atoms with Gasteiger partial charge in [0.15, 0.2) is 11.0 Å². The topological polar surface area (TPSA) is 86.5 Å². The van der Waals surface area contributed by atoms with Crippen molar-refractivity contribution >= 4 is 52.4 Å². The number of esters is 1. The SMILES string of the molecule is CCOC(=O)C(Sc1cc([N+](=O)[O-])c(Cl)cc1Cl)C(C)=O. The summed E-state index contributed by atoms with van der Waals surface area (Å²) in [5, 5.41) is 9.71. The number of benzene rings is 1. The van der Waals surface area contributed by atoms with Crippen LogP contribution in [0.2, 0.25) is 10.0 Å². The summed E-state index contributed by atoms with van der Waals surface area (Å²) in [6, 6.07) is 2.33. The van der Waals surface area contributed by atoms with E-state index in [1.807, 2.05) is 0 Å². The fourth-order valence-corrected chi connectivity index (χ4v) is 2.91. The molecule has 1 rings (SSSR count). The van der Waals surface area contributed by atoms with Crippen molar-refractivity contribution in [3.8, 4) is 0 Å². The Hall–Kier alpha value is -1.31. The van der Waals surface area contributed by atoms with Gasteiger partial charge in [-0.15, -0.1) is 11.8 Å². The molecule has 114 valence electrons. The minimum absolute atomic E-state index is 0.117. The molecule has 6 nitrogen and oxygen atoms in total. The number of thioether (sulfide) groups is 1. The number of ketones is 1. The van der Waals surface area contributed by atoms with Gasteiger partial charge in [-0.25, -0.2) is 0 Å². The van der Waals surface area contributed by atoms with E-state index in [0.29, 0.717) is 0 Å². The van der Waals surface area contributed by atoms with Gasteiger partial charge in [0.1, 0.15) is 5.02 Å². The maximum Gasteiger partial charge on any atom is 0.327 e. The fourth-order valence-electron chi connectivity index (χ4n) is 1.39. The Balaban J connectivity index is 3.15. The molecule has 0 heterocycles. The number of carbonyl (C=O) groups is 2. The van der Waals surface area contributed by atoms with E-state index in [1.54, 1.807) is 6.92 Å². The summed E-state index contributed by atoms with van der Waals surface area (Å²) in [6.45, 7) is 2.96. The largest absolute Gasteiger partial charge is 0.465 e. The van der Waals surface area contributed by atoms with Crippen LogP contribution in [0.5, 0.6) is 0 Å². The van der Waals surface area contributed by atoms with Crippen molar-refractivity contribution in [1.82, 2.24) is 0 Å². The van der Waals surface area contributed by atoms with E-state index in [9.17, 15) is 19.7 Å². The van der Waals surface area contributed by atoms with E-state index < -0.39 is 21.9 Å². The van der Waals surface area contributed by atoms with Gasteiger partial charge in [0.25, 0.3) is 5.69 Å². The van der Waals surface area contributed by atoms with Crippen LogP contribution >= 0.6 is 35.0 Å². The van der Waals surface area contributed by atoms with E-state index in [4.69, 9.17) is 27.9 Å². The number of Topliss-reactive ketones (excluding diaryl/α,β-unsaturated/α-hetero) is 1. The van der Waals surface area contributed by atoms with E-state index in [1.165, 1.54) is 13.0 Å². The van der Waals surface area contributed by atoms with Crippen LogP contribution in [-0.2, 0) is 14.3 Å². The molecule has 0 saturated carbocycles. The van der Waals surface area contributed by atoms with Gasteiger partial charge in [0, 0.05) is 11.0 Å². The number of rotatable bonds is 6. The van der Waals surface area contributed by atoms with Gasteiger partial charge in [0.2, 0.25) is 0 Å². The van der Waals surface area contributed by atoms with Gasteiger partial charge in [-0.1, -0.05) is 23.2 Å². The van der Waals surface area contributed by atoms with Crippen LogP contribution in [0.4, 0.5) is 5.69 Å². The molecule has 0 bridgehead atoms. The molecule has 0 saturated heterocycles. The first kappa shape index (κ1) is 17.7. The van der Waals surface area contributed by atoms with Gasteiger partial charge in [0.05, 0.1) is 16.6 Å². The molecule has 1 unspecified atom stereocenters. The van der Waals surface area contributed by atoms with E-state index in [-0.39, 0.29) is 27.2 Å². The number of halogens is 2. The van der Waals surface area contributed by atoms with Gasteiger partial charge < -0.3 is 4.74 Å². The third kappa shape index (κ3) is 4.59. The molecule has 0 spiro atoms. The second-order valence-electron chi connectivity index (χ2n) is 3.85. The monoisotopic (exact) mass is 351 g/mol. The highest BCUT2D eigenvalue weighted by Gasteiger charge is 2.28. The first-order valence-electron chi connectivity index (χ1n) is 5.75. The quantitative estimate of drug-likeness (QED) is 0.256. The first-order chi connectivity index (χ1) is 9.77. The summed E-state index contributed by atoms with van der Waals surface area (Å²) in [6.07, 6.45) is 0. The molecule has 0 amide bonds. The van der Waals surface area contributed by atoms with Crippen LogP contribution in [0.1, 0.15) is 13.8 Å². The summed E-state index contributed by atoms with van der Waals surface area (Å²) in [4.78, 5) is 33.6. The second kappa shape index (κ2) is 7.63. The molecule has 1 aromatic carbocycles. The van der Waals surface area contributed by atoms with E-state index in [2.05, 4.69) is 0 Å². The Morgan fingerprint density at radius 1 is 1.38 bits per heavy atom. The lowest BCUT2D eigenvalue weighted by Gasteiger charge is -2.13. The lowest BCUT2D eigenvalue weighted by molar-refractivity contribution is -0.384. The van der Waals surface area contributed by atoms with Crippen molar-refractivity contribution in [2.24, 2.45) is 0 Å². The van der Waals surface area contributed by atoms with Crippen LogP contribution in [0, 0.1) is 10.1 Å². The molecule has 0 aliphatic rings. The molecule has 1 aromatic rings. The maximum atomic E-state index is 11.7. The van der Waals surface area contributed by atoms with Gasteiger partial charge in [-0.2, -0.15) is 0 Å². The van der Waals surface area contributed by atoms with E-state index in [0.717, 1.165) is 17.8 Å². The number of ether oxygens (including phenoxy) is 1. The normalized spacial score (nSPS) is 11.8. The van der Waals surface area contributed by atoms with Crippen LogP contribution < -0.4 is 0 Å². The number of hydrogen-bond acceptors (Lipinski definition) is 6. The molecule has 0 aliphatic carbocycles. The predicted molar refractivity (Wildman–Crippen MR) is 80.1 cm³/mol. The summed E-state index contributed by atoms with van der Waals surface area (Å²) in [7, 11) is 0. The fraction of sp³-hybridized carbons (Fsp3) is 0.333. The third-order valence-electron chi connectivity index (χ3n) is 2.31. The highest BCUT2D eigenvalue weighted by Crippen LogP contribution is 2.38. The van der Waals surface area contributed by atoms with Crippen molar-refractivity contribution in [3.63, 3.8) is 0 Å². The Morgan fingerprint density at radius 3 is 2.48 bits per heavy atom. The molecule has 0 aromatic heterocycles. The van der Waals surface area contributed by atoms with Gasteiger partial charge >= 0.3 is 5.97 Å². The average molecular weight is 352 g/mol. The molecule has 0 radical (unpaired) electrons. The van der Waals surface area contributed by atoms with Crippen molar-refractivity contribution in [1.29, 1.82) is 0 Å². The molecule has 0 aliphatic heterocycles. The Bertz CT molecular complexity index is 593. The first-order valence-corrected chi connectivity index (χ1v) is 7.38. The minimum Gasteiger partial charge on any atom is -0.465 e. The van der Waals surface area contributed by atoms with Crippen LogP contribution in [0.3, 0.4) is 0 Å². The van der Waals surface area contributed by atoms with Crippen molar-refractivity contribution < 1.29 is 19.2 Å². The highest BCUT2D eigenvalue weighted by molar-refractivity contribution is 8.01. The zero-order valence-electron chi connectivity index (χ0n) is 11.1. The summed E-state index contributed by atoms with van der Waals surface area (Å²) >= 11 is 12.5. The zero-order valence-corrected chi connectivity index (χ0v) is 13.4. The number of nitro groups is 1. The second-order valence-corrected chi connectivity index (χ2v) is 5.81. The van der Waals surface area contributed by atoms with E-state index >= 15 is 0 Å². The van der Waals surface area contributed by atoms with Crippen molar-refractivity contribution in [2.75, 3.05) is 6.61 Å². The third-order valence-corrected chi connectivity index (χ3v) is 4.39. The molecular weight excluding hydrogens is 341 g/mol. The zero-order chi connectivity index (χ0) is 16.2. The van der Waals surface area contributed by atoms with Crippen LogP contribution in [0.25, 0.3) is 0 Å². The van der Waals surface area contributed by atoms with Crippen LogP contribution in [-0.4, -0.2) is 28.5 Å². The number of nitrogens with zero attached hydrogens (tertiary/aromatic N) is 1. The standard InChI is InChI=1S/C12H11Cl2NO5S/c1-3-20-12(17)11(6(2)16)21-10-5-9(15(18)19)7(13)4-8(10)14/h4-5,11H,3H2,1-2H3. The summed E-state index contributed by atoms with van der Waals surface area (Å²) in [5.74, 6) is -1.16. The van der Waals surface area contributed by atoms with Gasteiger partial charge in [-0.3, -0.25) is 19.7 Å². The molecule has 21 heavy (non-hydrogen) atoms. The molecule has 0 N–H and O–H groups in total. The Morgan fingerprint density at radius 2 is 2.00 bits per heavy atom. The van der Waals surface area contributed by atoms with Crippen molar-refractivity contribution in [3.05, 3.63) is 32.3 Å².